The number of aliphatic imine (C=N–C) groups is 1. The molecule has 0 aliphatic carbocycles. The van der Waals surface area contributed by atoms with Gasteiger partial charge in [-0.15, -0.1) is 0 Å². The number of hydrogen-bond donors (Lipinski definition) is 3. The number of ether oxygens (including phenoxy) is 1. The van der Waals surface area contributed by atoms with E-state index in [-0.39, 0.29) is 37.3 Å². The van der Waals surface area contributed by atoms with E-state index in [0.29, 0.717) is 67.9 Å². The van der Waals surface area contributed by atoms with Crippen LogP contribution < -0.4 is 16.0 Å². The lowest BCUT2D eigenvalue weighted by atomic mass is 10.2. The van der Waals surface area contributed by atoms with E-state index in [1.54, 1.807) is 28.8 Å². The number of benzene rings is 1. The van der Waals surface area contributed by atoms with Gasteiger partial charge in [-0.1, -0.05) is 31.0 Å². The number of fused-ring (bicyclic) bond motifs is 1. The van der Waals surface area contributed by atoms with Crippen LogP contribution in [0.2, 0.25) is 0 Å². The summed E-state index contributed by atoms with van der Waals surface area (Å²) in [5.74, 6) is -1.73. The quantitative estimate of drug-likeness (QED) is 0.0513. The fourth-order valence-corrected chi connectivity index (χ4v) is 7.24. The summed E-state index contributed by atoms with van der Waals surface area (Å²) in [6, 6.07) is 8.88. The van der Waals surface area contributed by atoms with Crippen molar-refractivity contribution in [2.45, 2.75) is 110 Å². The number of aromatic nitrogens is 4. The molecule has 1 saturated heterocycles. The number of carbonyl (C=O) groups is 2. The van der Waals surface area contributed by atoms with Crippen LogP contribution in [0.1, 0.15) is 91.6 Å². The minimum atomic E-state index is -4.90. The van der Waals surface area contributed by atoms with Crippen molar-refractivity contribution in [3.05, 3.63) is 42.2 Å². The van der Waals surface area contributed by atoms with Gasteiger partial charge in [-0.3, -0.25) is 19.1 Å². The summed E-state index contributed by atoms with van der Waals surface area (Å²) in [6.07, 6.45) is -1.30. The van der Waals surface area contributed by atoms with Crippen LogP contribution >= 0.6 is 8.53 Å². The van der Waals surface area contributed by atoms with Crippen LogP contribution in [0.25, 0.3) is 11.2 Å². The molecule has 2 aromatic heterocycles. The fraction of sp³-hybridized carbons (Fsp3) is 0.588. The Bertz CT molecular complexity index is 1640. The molecular weight excluding hydrogens is 702 g/mol. The molecule has 2 amide bonds. The molecule has 0 saturated carbocycles. The minimum absolute atomic E-state index is 0.0676. The van der Waals surface area contributed by atoms with E-state index in [0.717, 1.165) is 0 Å². The number of unbranched alkanes of at least 4 members (excludes halogenated alkanes) is 3. The zero-order chi connectivity index (χ0) is 38.5. The van der Waals surface area contributed by atoms with Crippen LogP contribution in [0, 0.1) is 0 Å². The number of imidazole rings is 1. The molecule has 3 aromatic rings. The lowest BCUT2D eigenvalue weighted by molar-refractivity contribution is -0.173. The second-order valence-corrected chi connectivity index (χ2v) is 14.0. The van der Waals surface area contributed by atoms with E-state index in [1.807, 2.05) is 18.3 Å². The van der Waals surface area contributed by atoms with E-state index in [1.165, 1.54) is 12.7 Å². The third-order valence-corrected chi connectivity index (χ3v) is 10.0. The lowest BCUT2D eigenvalue weighted by Crippen LogP contribution is -2.37. The van der Waals surface area contributed by atoms with Crippen molar-refractivity contribution in [1.82, 2.24) is 29.5 Å². The fourth-order valence-electron chi connectivity index (χ4n) is 5.62. The Morgan fingerprint density at radius 1 is 1.13 bits per heavy atom. The molecule has 1 fully saturated rings. The van der Waals surface area contributed by atoms with Crippen molar-refractivity contribution in [2.75, 3.05) is 30.3 Å². The summed E-state index contributed by atoms with van der Waals surface area (Å²) in [6.45, 7) is 11.0. The summed E-state index contributed by atoms with van der Waals surface area (Å²) in [5, 5.41) is 8.05. The van der Waals surface area contributed by atoms with Crippen LogP contribution in [-0.4, -0.2) is 92.5 Å². The van der Waals surface area contributed by atoms with Crippen LogP contribution in [0.15, 0.2) is 41.7 Å². The van der Waals surface area contributed by atoms with E-state index >= 15 is 0 Å². The second kappa shape index (κ2) is 19.2. The number of halogens is 3. The lowest BCUT2D eigenvalue weighted by Gasteiger charge is -2.36. The van der Waals surface area contributed by atoms with E-state index in [2.05, 4.69) is 58.0 Å². The van der Waals surface area contributed by atoms with Crippen molar-refractivity contribution in [1.29, 1.82) is 0 Å². The van der Waals surface area contributed by atoms with Crippen molar-refractivity contribution >= 4 is 49.7 Å². The monoisotopic (exact) mass is 752 g/mol. The molecule has 1 aromatic carbocycles. The van der Waals surface area contributed by atoms with Crippen LogP contribution in [0.5, 0.6) is 0 Å². The molecule has 52 heavy (non-hydrogen) atoms. The highest BCUT2D eigenvalue weighted by Crippen LogP contribution is 2.50. The van der Waals surface area contributed by atoms with Gasteiger partial charge in [-0.2, -0.15) is 13.2 Å². The number of anilines is 2. The normalized spacial score (nSPS) is 18.8. The summed E-state index contributed by atoms with van der Waals surface area (Å²) >= 11 is 0. The molecule has 18 heteroatoms. The number of rotatable bonds is 19. The molecule has 0 spiro atoms. The first kappa shape index (κ1) is 39.3. The molecule has 4 rings (SSSR count). The van der Waals surface area contributed by atoms with E-state index in [9.17, 15) is 22.8 Å². The predicted octanol–water partition coefficient (Wildman–Crippen LogP) is 6.83. The predicted molar refractivity (Wildman–Crippen MR) is 194 cm³/mol. The first-order chi connectivity index (χ1) is 25.3. The van der Waals surface area contributed by atoms with Gasteiger partial charge in [0.25, 0.3) is 5.91 Å². The molecule has 2 unspecified atom stereocenters. The minimum Gasteiger partial charge on any atom is -0.425 e. The molecule has 3 heterocycles. The summed E-state index contributed by atoms with van der Waals surface area (Å²) in [5.41, 5.74) is 1.15. The Balaban J connectivity index is 1.56. The molecule has 1 aliphatic heterocycles. The van der Waals surface area contributed by atoms with Gasteiger partial charge < -0.3 is 29.7 Å². The van der Waals surface area contributed by atoms with Crippen LogP contribution in [0.3, 0.4) is 0 Å². The smallest absolute Gasteiger partial charge is 0.425 e. The number of carbonyl (C=O) groups excluding carboxylic acids is 2. The van der Waals surface area contributed by atoms with Crippen molar-refractivity contribution < 1.29 is 37.9 Å². The number of amides is 2. The number of nitrogens with one attached hydrogen (secondary N) is 3. The van der Waals surface area contributed by atoms with E-state index in [4.69, 9.17) is 20.1 Å². The topological polar surface area (TPSA) is 157 Å². The second-order valence-electron chi connectivity index (χ2n) is 12.6. The molecule has 0 radical (unpaired) electrons. The van der Waals surface area contributed by atoms with Crippen LogP contribution in [0.4, 0.5) is 24.9 Å². The first-order valence-electron chi connectivity index (χ1n) is 18.1. The van der Waals surface area contributed by atoms with Gasteiger partial charge in [0, 0.05) is 45.1 Å². The summed E-state index contributed by atoms with van der Waals surface area (Å²) in [7, 11) is -1.61. The number of alkyl halides is 3. The summed E-state index contributed by atoms with van der Waals surface area (Å²) in [4.78, 5) is 42.0. The Morgan fingerprint density at radius 2 is 1.85 bits per heavy atom. The molecule has 14 nitrogen and oxygen atoms in total. The van der Waals surface area contributed by atoms with Gasteiger partial charge in [-0.25, -0.2) is 19.6 Å². The molecular formula is C34H49F3N9O5P. The van der Waals surface area contributed by atoms with Gasteiger partial charge in [0.15, 0.2) is 23.4 Å². The van der Waals surface area contributed by atoms with Gasteiger partial charge >= 0.3 is 20.6 Å². The SMILES string of the molecule is [2H]C[C@H]1O[C@@H](n2c(NCCCCCCNC(=O)C(F)(F)F)nc3c(NC(=O)c4ccccc4)ncnc32)CC1OP(O/C=N/CC)N(C(C)C)C(C)C. The largest absolute Gasteiger partial charge is 0.471 e. The Hall–Kier alpha value is -3.92. The van der Waals surface area contributed by atoms with Crippen molar-refractivity contribution in [3.63, 3.8) is 0 Å². The van der Waals surface area contributed by atoms with E-state index < -0.39 is 39.0 Å². The summed E-state index contributed by atoms with van der Waals surface area (Å²) < 4.78 is 68.7. The maximum Gasteiger partial charge on any atom is 0.471 e. The highest BCUT2D eigenvalue weighted by Gasteiger charge is 2.41. The van der Waals surface area contributed by atoms with Gasteiger partial charge in [-0.05, 0) is 66.5 Å². The Kier molecular flexibility index (Phi) is 14.5. The molecule has 286 valence electrons. The first-order valence-corrected chi connectivity index (χ1v) is 18.5. The zero-order valence-corrected chi connectivity index (χ0v) is 31.0. The molecule has 1 aliphatic rings. The standard InChI is InChI=1S/C34H49F3N9O5P/c1-7-38-21-49-52(46(22(2)3)23(4)5)51-26-19-27(50-24(26)6)45-30-28(29(41-20-42-30)44-31(47)25-15-11-10-12-16-25)43-33(45)40-18-14-9-8-13-17-39-32(48)34(35,36)37/h10-12,15-16,20-24,26-27H,7-9,13-14,17-19H2,1-6H3,(H,39,48)(H,40,43)(H,41,42,44,47)/b38-21+/t24-,26?,27-,52?/m1/s1/i6D. The highest BCUT2D eigenvalue weighted by molar-refractivity contribution is 7.45. The van der Waals surface area contributed by atoms with Gasteiger partial charge in [0.05, 0.1) is 12.2 Å². The molecule has 0 bridgehead atoms. The van der Waals surface area contributed by atoms with Gasteiger partial charge in [0.1, 0.15) is 12.6 Å². The van der Waals surface area contributed by atoms with Gasteiger partial charge in [0.2, 0.25) is 5.95 Å². The number of hydrogen-bond acceptors (Lipinski definition) is 11. The molecule has 3 N–H and O–H groups in total. The van der Waals surface area contributed by atoms with Crippen molar-refractivity contribution in [2.24, 2.45) is 4.99 Å². The Labute approximate surface area is 304 Å². The average Bonchev–Trinajstić information content (AvgIpc) is 3.69. The maximum atomic E-state index is 13.1. The third-order valence-electron chi connectivity index (χ3n) is 8.01. The third kappa shape index (κ3) is 11.0. The molecule has 4 atom stereocenters. The number of nitrogens with zero attached hydrogens (tertiary/aromatic N) is 6. The van der Waals surface area contributed by atoms with Crippen LogP contribution in [-0.2, 0) is 18.6 Å². The average molecular weight is 753 g/mol. The van der Waals surface area contributed by atoms with Crippen molar-refractivity contribution in [3.8, 4) is 0 Å². The highest BCUT2D eigenvalue weighted by atomic mass is 31.2. The zero-order valence-electron chi connectivity index (χ0n) is 31.1. The maximum absolute atomic E-state index is 13.1. The Morgan fingerprint density at radius 3 is 2.50 bits per heavy atom.